The molecule has 1 atom stereocenters. The van der Waals surface area contributed by atoms with E-state index in [1.54, 1.807) is 30.3 Å². The fourth-order valence-corrected chi connectivity index (χ4v) is 2.39. The number of halogens is 2. The highest BCUT2D eigenvalue weighted by atomic mass is 35.5. The standard InChI is InChI=1S/C13H11Cl2NO3S/c14-7-3-8(15)5-9(4-7)16-12(13(17)18)11-2-1-10(6-20)19-11/h1-5,12,16,20H,6H2,(H,17,18). The summed E-state index contributed by atoms with van der Waals surface area (Å²) >= 11 is 15.8. The third kappa shape index (κ3) is 3.62. The minimum absolute atomic E-state index is 0.289. The normalized spacial score (nSPS) is 12.2. The van der Waals surface area contributed by atoms with Crippen LogP contribution < -0.4 is 5.32 Å². The molecule has 0 fully saturated rings. The lowest BCUT2D eigenvalue weighted by Gasteiger charge is -2.14. The van der Waals surface area contributed by atoms with E-state index in [4.69, 9.17) is 27.6 Å². The number of carboxylic acids is 1. The van der Waals surface area contributed by atoms with Gasteiger partial charge in [-0.05, 0) is 30.3 Å². The number of furan rings is 1. The van der Waals surface area contributed by atoms with Crippen molar-refractivity contribution in [1.82, 2.24) is 0 Å². The van der Waals surface area contributed by atoms with Crippen LogP contribution >= 0.6 is 35.8 Å². The van der Waals surface area contributed by atoms with E-state index < -0.39 is 12.0 Å². The molecule has 106 valence electrons. The van der Waals surface area contributed by atoms with Gasteiger partial charge in [0.2, 0.25) is 0 Å². The molecule has 0 saturated carbocycles. The Morgan fingerprint density at radius 2 is 1.95 bits per heavy atom. The summed E-state index contributed by atoms with van der Waals surface area (Å²) in [6.45, 7) is 0. The Morgan fingerprint density at radius 1 is 1.30 bits per heavy atom. The number of nitrogens with one attached hydrogen (secondary N) is 1. The first-order valence-corrected chi connectivity index (χ1v) is 7.03. The number of thiol groups is 1. The van der Waals surface area contributed by atoms with Gasteiger partial charge in [-0.25, -0.2) is 4.79 Å². The number of hydrogen-bond donors (Lipinski definition) is 3. The summed E-state index contributed by atoms with van der Waals surface area (Å²) in [6, 6.07) is 7.00. The predicted molar refractivity (Wildman–Crippen MR) is 81.9 cm³/mol. The number of anilines is 1. The van der Waals surface area contributed by atoms with Gasteiger partial charge in [0, 0.05) is 21.5 Å². The zero-order valence-corrected chi connectivity index (χ0v) is 12.5. The summed E-state index contributed by atoms with van der Waals surface area (Å²) in [7, 11) is 0. The topological polar surface area (TPSA) is 62.5 Å². The number of carbonyl (C=O) groups is 1. The SMILES string of the molecule is O=C(O)C(Nc1cc(Cl)cc(Cl)c1)c1ccc(CS)o1. The zero-order valence-electron chi connectivity index (χ0n) is 10.1. The highest BCUT2D eigenvalue weighted by molar-refractivity contribution is 7.79. The fraction of sp³-hybridized carbons (Fsp3) is 0.154. The van der Waals surface area contributed by atoms with Gasteiger partial charge in [0.05, 0.1) is 0 Å². The molecule has 0 aliphatic carbocycles. The lowest BCUT2D eigenvalue weighted by Crippen LogP contribution is -2.19. The van der Waals surface area contributed by atoms with E-state index in [9.17, 15) is 9.90 Å². The molecule has 2 N–H and O–H groups in total. The second-order valence-corrected chi connectivity index (χ2v) is 5.23. The molecule has 0 radical (unpaired) electrons. The lowest BCUT2D eigenvalue weighted by molar-refractivity contribution is -0.138. The summed E-state index contributed by atoms with van der Waals surface area (Å²) in [5, 5.41) is 13.0. The molecule has 1 aromatic heterocycles. The van der Waals surface area contributed by atoms with Crippen LogP contribution in [0.15, 0.2) is 34.7 Å². The molecular weight excluding hydrogens is 321 g/mol. The molecule has 2 aromatic rings. The number of carboxylic acid groups (broad SMARTS) is 1. The molecule has 0 amide bonds. The predicted octanol–water partition coefficient (Wildman–Crippen LogP) is 4.25. The van der Waals surface area contributed by atoms with Crippen molar-refractivity contribution in [2.24, 2.45) is 0 Å². The van der Waals surface area contributed by atoms with Gasteiger partial charge in [0.15, 0.2) is 6.04 Å². The first kappa shape index (κ1) is 15.1. The molecule has 1 unspecified atom stereocenters. The van der Waals surface area contributed by atoms with Crippen molar-refractivity contribution in [3.8, 4) is 0 Å². The minimum Gasteiger partial charge on any atom is -0.479 e. The van der Waals surface area contributed by atoms with Crippen LogP contribution in [0.5, 0.6) is 0 Å². The van der Waals surface area contributed by atoms with E-state index in [0.717, 1.165) is 0 Å². The highest BCUT2D eigenvalue weighted by Crippen LogP contribution is 2.27. The molecular formula is C13H11Cl2NO3S. The van der Waals surface area contributed by atoms with Gasteiger partial charge in [-0.1, -0.05) is 23.2 Å². The van der Waals surface area contributed by atoms with E-state index in [0.29, 0.717) is 27.2 Å². The molecule has 0 aliphatic heterocycles. The first-order chi connectivity index (χ1) is 9.49. The van der Waals surface area contributed by atoms with Crippen LogP contribution in [0, 0.1) is 0 Å². The van der Waals surface area contributed by atoms with Crippen LogP contribution in [-0.4, -0.2) is 11.1 Å². The number of aliphatic carboxylic acids is 1. The van der Waals surface area contributed by atoms with Crippen LogP contribution in [-0.2, 0) is 10.5 Å². The largest absolute Gasteiger partial charge is 0.479 e. The average molecular weight is 332 g/mol. The van der Waals surface area contributed by atoms with Crippen molar-refractivity contribution in [1.29, 1.82) is 0 Å². The van der Waals surface area contributed by atoms with E-state index >= 15 is 0 Å². The van der Waals surface area contributed by atoms with Crippen molar-refractivity contribution < 1.29 is 14.3 Å². The third-order valence-corrected chi connectivity index (χ3v) is 3.29. The lowest BCUT2D eigenvalue weighted by atomic mass is 10.2. The van der Waals surface area contributed by atoms with Crippen molar-refractivity contribution in [3.63, 3.8) is 0 Å². The Bertz CT molecular complexity index is 610. The van der Waals surface area contributed by atoms with Crippen LogP contribution in [0.2, 0.25) is 10.0 Å². The molecule has 0 spiro atoms. The summed E-state index contributed by atoms with van der Waals surface area (Å²) < 4.78 is 5.40. The molecule has 0 aliphatic rings. The van der Waals surface area contributed by atoms with Crippen molar-refractivity contribution in [3.05, 3.63) is 51.9 Å². The Balaban J connectivity index is 2.27. The van der Waals surface area contributed by atoms with Crippen LogP contribution in [0.1, 0.15) is 17.6 Å². The second-order valence-electron chi connectivity index (χ2n) is 4.04. The highest BCUT2D eigenvalue weighted by Gasteiger charge is 2.23. The summed E-state index contributed by atoms with van der Waals surface area (Å²) in [6.07, 6.45) is 0. The van der Waals surface area contributed by atoms with Gasteiger partial charge in [-0.3, -0.25) is 0 Å². The maximum Gasteiger partial charge on any atom is 0.334 e. The van der Waals surface area contributed by atoms with Gasteiger partial charge in [-0.2, -0.15) is 12.6 Å². The quantitative estimate of drug-likeness (QED) is 0.716. The van der Waals surface area contributed by atoms with E-state index in [2.05, 4.69) is 17.9 Å². The molecule has 2 rings (SSSR count). The van der Waals surface area contributed by atoms with Crippen molar-refractivity contribution >= 4 is 47.5 Å². The molecule has 0 saturated heterocycles. The molecule has 1 aromatic carbocycles. The Morgan fingerprint density at radius 3 is 2.45 bits per heavy atom. The molecule has 20 heavy (non-hydrogen) atoms. The molecule has 1 heterocycles. The van der Waals surface area contributed by atoms with Gasteiger partial charge < -0.3 is 14.8 Å². The third-order valence-electron chi connectivity index (χ3n) is 2.54. The molecule has 0 bridgehead atoms. The second kappa shape index (κ2) is 6.43. The van der Waals surface area contributed by atoms with Gasteiger partial charge in [-0.15, -0.1) is 0 Å². The van der Waals surface area contributed by atoms with Crippen molar-refractivity contribution in [2.75, 3.05) is 5.32 Å². The monoisotopic (exact) mass is 331 g/mol. The van der Waals surface area contributed by atoms with Crippen LogP contribution in [0.4, 0.5) is 5.69 Å². The maximum absolute atomic E-state index is 11.4. The smallest absolute Gasteiger partial charge is 0.334 e. The van der Waals surface area contributed by atoms with E-state index in [1.807, 2.05) is 0 Å². The molecule has 7 heteroatoms. The Labute approximate surface area is 131 Å². The Hall–Kier alpha value is -1.30. The van der Waals surface area contributed by atoms with Crippen LogP contribution in [0.3, 0.4) is 0 Å². The van der Waals surface area contributed by atoms with Gasteiger partial charge >= 0.3 is 5.97 Å². The number of benzene rings is 1. The summed E-state index contributed by atoms with van der Waals surface area (Å²) in [5.74, 6) is 0.217. The molecule has 4 nitrogen and oxygen atoms in total. The summed E-state index contributed by atoms with van der Waals surface area (Å²) in [5.41, 5.74) is 0.499. The van der Waals surface area contributed by atoms with Crippen LogP contribution in [0.25, 0.3) is 0 Å². The average Bonchev–Trinajstić information content (AvgIpc) is 2.82. The number of rotatable bonds is 5. The van der Waals surface area contributed by atoms with E-state index in [1.165, 1.54) is 0 Å². The fourth-order valence-electron chi connectivity index (χ4n) is 1.69. The maximum atomic E-state index is 11.4. The number of hydrogen-bond acceptors (Lipinski definition) is 4. The zero-order chi connectivity index (χ0) is 14.7. The van der Waals surface area contributed by atoms with Gasteiger partial charge in [0.25, 0.3) is 0 Å². The Kier molecular flexibility index (Phi) is 4.86. The first-order valence-electron chi connectivity index (χ1n) is 5.64. The minimum atomic E-state index is -1.07. The van der Waals surface area contributed by atoms with Crippen molar-refractivity contribution in [2.45, 2.75) is 11.8 Å². The van der Waals surface area contributed by atoms with Gasteiger partial charge in [0.1, 0.15) is 11.5 Å². The van der Waals surface area contributed by atoms with E-state index in [-0.39, 0.29) is 5.76 Å². The summed E-state index contributed by atoms with van der Waals surface area (Å²) in [4.78, 5) is 11.4.